The van der Waals surface area contributed by atoms with Crippen LogP contribution in [0.2, 0.25) is 0 Å². The van der Waals surface area contributed by atoms with E-state index in [4.69, 9.17) is 10.5 Å². The molecule has 1 amide bonds. The Balaban J connectivity index is 1.44. The fraction of sp³-hybridized carbons (Fsp3) is 0.762. The molecule has 154 valence electrons. The summed E-state index contributed by atoms with van der Waals surface area (Å²) in [5.41, 5.74) is 8.00. The zero-order valence-electron chi connectivity index (χ0n) is 17.2. The monoisotopic (exact) mass is 387 g/mol. The molecule has 3 saturated heterocycles. The molecule has 7 nitrogen and oxygen atoms in total. The molecule has 3 fully saturated rings. The molecule has 0 aliphatic carbocycles. The number of hydrogen-bond acceptors (Lipinski definition) is 6. The Hall–Kier alpha value is -1.73. The largest absolute Gasteiger partial charge is 0.381 e. The van der Waals surface area contributed by atoms with Crippen molar-refractivity contribution in [1.82, 2.24) is 14.9 Å². The summed E-state index contributed by atoms with van der Waals surface area (Å²) >= 11 is 0. The van der Waals surface area contributed by atoms with Gasteiger partial charge in [0.2, 0.25) is 5.82 Å². The maximum atomic E-state index is 13.1. The first-order valence-corrected chi connectivity index (χ1v) is 10.8. The highest BCUT2D eigenvalue weighted by molar-refractivity contribution is 5.91. The van der Waals surface area contributed by atoms with Crippen molar-refractivity contribution < 1.29 is 9.53 Å². The minimum Gasteiger partial charge on any atom is -0.381 e. The summed E-state index contributed by atoms with van der Waals surface area (Å²) in [4.78, 5) is 26.5. The van der Waals surface area contributed by atoms with Crippen LogP contribution < -0.4 is 10.6 Å². The van der Waals surface area contributed by atoms with Crippen LogP contribution in [0.1, 0.15) is 54.0 Å². The molecule has 0 unspecified atom stereocenters. The Labute approximate surface area is 167 Å². The van der Waals surface area contributed by atoms with E-state index < -0.39 is 0 Å². The minimum atomic E-state index is -0.0294. The Bertz CT molecular complexity index is 711. The standard InChI is InChI=1S/C21H33N5O2/c1-14-15(2)23-19(24-20(14)26-10-5-18(22)13-26)21(27)25-8-3-16(4-9-25)17-6-11-28-12-7-17/h16-18H,3-13,22H2,1-2H3/t18-/m1/s1. The number of carbonyl (C=O) groups excluding carboxylic acids is 1. The normalized spacial score (nSPS) is 24.8. The number of ether oxygens (including phenoxy) is 1. The molecule has 3 aliphatic rings. The third-order valence-electron chi connectivity index (χ3n) is 6.84. The second-order valence-electron chi connectivity index (χ2n) is 8.66. The fourth-order valence-corrected chi connectivity index (χ4v) is 4.90. The molecule has 1 aromatic rings. The van der Waals surface area contributed by atoms with E-state index in [1.54, 1.807) is 0 Å². The van der Waals surface area contributed by atoms with Gasteiger partial charge in [-0.3, -0.25) is 4.79 Å². The van der Waals surface area contributed by atoms with Gasteiger partial charge >= 0.3 is 0 Å². The Morgan fingerprint density at radius 2 is 1.68 bits per heavy atom. The van der Waals surface area contributed by atoms with Gasteiger partial charge in [-0.25, -0.2) is 9.97 Å². The number of piperidine rings is 1. The second-order valence-corrected chi connectivity index (χ2v) is 8.66. The predicted molar refractivity (Wildman–Crippen MR) is 108 cm³/mol. The number of aryl methyl sites for hydroxylation is 1. The average Bonchev–Trinajstić information content (AvgIpc) is 3.16. The molecule has 0 spiro atoms. The number of hydrogen-bond donors (Lipinski definition) is 1. The van der Waals surface area contributed by atoms with Crippen LogP contribution in [0.3, 0.4) is 0 Å². The Kier molecular flexibility index (Phi) is 5.83. The van der Waals surface area contributed by atoms with Gasteiger partial charge in [-0.1, -0.05) is 0 Å². The minimum absolute atomic E-state index is 0.0294. The van der Waals surface area contributed by atoms with Gasteiger partial charge in [0, 0.05) is 56.7 Å². The summed E-state index contributed by atoms with van der Waals surface area (Å²) in [5, 5.41) is 0. The third kappa shape index (κ3) is 4.01. The molecule has 3 aliphatic heterocycles. The SMILES string of the molecule is Cc1nc(C(=O)N2CCC(C3CCOCC3)CC2)nc(N2CC[C@@H](N)C2)c1C. The van der Waals surface area contributed by atoms with Crippen molar-refractivity contribution in [2.45, 2.75) is 52.0 Å². The predicted octanol–water partition coefficient (Wildman–Crippen LogP) is 1.91. The van der Waals surface area contributed by atoms with Gasteiger partial charge in [0.25, 0.3) is 5.91 Å². The van der Waals surface area contributed by atoms with E-state index in [1.807, 2.05) is 18.7 Å². The van der Waals surface area contributed by atoms with E-state index in [1.165, 1.54) is 12.8 Å². The average molecular weight is 388 g/mol. The van der Waals surface area contributed by atoms with Gasteiger partial charge in [0.15, 0.2) is 0 Å². The third-order valence-corrected chi connectivity index (χ3v) is 6.84. The van der Waals surface area contributed by atoms with Crippen molar-refractivity contribution in [1.29, 1.82) is 0 Å². The molecule has 0 bridgehead atoms. The lowest BCUT2D eigenvalue weighted by atomic mass is 9.80. The quantitative estimate of drug-likeness (QED) is 0.853. The van der Waals surface area contributed by atoms with Gasteiger partial charge in [-0.05, 0) is 57.8 Å². The van der Waals surface area contributed by atoms with Gasteiger partial charge in [-0.2, -0.15) is 0 Å². The molecule has 1 aromatic heterocycles. The Morgan fingerprint density at radius 1 is 1.00 bits per heavy atom. The van der Waals surface area contributed by atoms with Crippen LogP contribution in [0.4, 0.5) is 5.82 Å². The van der Waals surface area contributed by atoms with E-state index in [-0.39, 0.29) is 11.9 Å². The first kappa shape index (κ1) is 19.6. The molecular formula is C21H33N5O2. The van der Waals surface area contributed by atoms with Crippen molar-refractivity contribution in [2.75, 3.05) is 44.3 Å². The number of carbonyl (C=O) groups is 1. The van der Waals surface area contributed by atoms with Crippen LogP contribution in [0.5, 0.6) is 0 Å². The molecular weight excluding hydrogens is 354 g/mol. The first-order chi connectivity index (χ1) is 13.5. The van der Waals surface area contributed by atoms with Crippen molar-refractivity contribution in [3.63, 3.8) is 0 Å². The summed E-state index contributed by atoms with van der Waals surface area (Å²) in [7, 11) is 0. The number of likely N-dealkylation sites (tertiary alicyclic amines) is 1. The molecule has 0 saturated carbocycles. The zero-order chi connectivity index (χ0) is 19.7. The van der Waals surface area contributed by atoms with Gasteiger partial charge in [-0.15, -0.1) is 0 Å². The van der Waals surface area contributed by atoms with Gasteiger partial charge in [0.1, 0.15) is 5.82 Å². The lowest BCUT2D eigenvalue weighted by molar-refractivity contribution is 0.0285. The number of nitrogens with zero attached hydrogens (tertiary/aromatic N) is 4. The summed E-state index contributed by atoms with van der Waals surface area (Å²) in [6.45, 7) is 9.07. The van der Waals surface area contributed by atoms with Gasteiger partial charge < -0.3 is 20.3 Å². The zero-order valence-corrected chi connectivity index (χ0v) is 17.2. The molecule has 4 rings (SSSR count). The molecule has 7 heteroatoms. The summed E-state index contributed by atoms with van der Waals surface area (Å²) in [6.07, 6.45) is 5.45. The molecule has 4 heterocycles. The van der Waals surface area contributed by atoms with Crippen molar-refractivity contribution in [3.05, 3.63) is 17.1 Å². The molecule has 28 heavy (non-hydrogen) atoms. The van der Waals surface area contributed by atoms with E-state index in [0.717, 1.165) is 87.6 Å². The molecule has 0 radical (unpaired) electrons. The number of rotatable bonds is 3. The van der Waals surface area contributed by atoms with E-state index in [2.05, 4.69) is 14.9 Å². The Morgan fingerprint density at radius 3 is 2.32 bits per heavy atom. The second kappa shape index (κ2) is 8.33. The summed E-state index contributed by atoms with van der Waals surface area (Å²) in [5.74, 6) is 2.66. The van der Waals surface area contributed by atoms with Crippen molar-refractivity contribution in [3.8, 4) is 0 Å². The maximum Gasteiger partial charge on any atom is 0.291 e. The van der Waals surface area contributed by atoms with E-state index in [0.29, 0.717) is 5.82 Å². The van der Waals surface area contributed by atoms with Crippen LogP contribution in [-0.2, 0) is 4.74 Å². The van der Waals surface area contributed by atoms with Crippen molar-refractivity contribution >= 4 is 11.7 Å². The lowest BCUT2D eigenvalue weighted by Gasteiger charge is -2.37. The number of nitrogens with two attached hydrogens (primary N) is 1. The first-order valence-electron chi connectivity index (χ1n) is 10.8. The number of aromatic nitrogens is 2. The van der Waals surface area contributed by atoms with Crippen LogP contribution in [0.15, 0.2) is 0 Å². The van der Waals surface area contributed by atoms with Crippen LogP contribution >= 0.6 is 0 Å². The molecule has 2 N–H and O–H groups in total. The van der Waals surface area contributed by atoms with Crippen molar-refractivity contribution in [2.24, 2.45) is 17.6 Å². The van der Waals surface area contributed by atoms with E-state index >= 15 is 0 Å². The highest BCUT2D eigenvalue weighted by atomic mass is 16.5. The van der Waals surface area contributed by atoms with Crippen LogP contribution in [0, 0.1) is 25.7 Å². The van der Waals surface area contributed by atoms with E-state index in [9.17, 15) is 4.79 Å². The van der Waals surface area contributed by atoms with Crippen LogP contribution in [0.25, 0.3) is 0 Å². The smallest absolute Gasteiger partial charge is 0.291 e. The summed E-state index contributed by atoms with van der Waals surface area (Å²) < 4.78 is 5.50. The fourth-order valence-electron chi connectivity index (χ4n) is 4.90. The topological polar surface area (TPSA) is 84.6 Å². The van der Waals surface area contributed by atoms with Crippen LogP contribution in [-0.4, -0.2) is 66.2 Å². The molecule has 0 aromatic carbocycles. The summed E-state index contributed by atoms with van der Waals surface area (Å²) in [6, 6.07) is 0.179. The molecule has 1 atom stereocenters. The van der Waals surface area contributed by atoms with Gasteiger partial charge in [0.05, 0.1) is 0 Å². The number of amides is 1. The lowest BCUT2D eigenvalue weighted by Crippen LogP contribution is -2.41. The number of anilines is 1. The maximum absolute atomic E-state index is 13.1. The highest BCUT2D eigenvalue weighted by Gasteiger charge is 2.31. The highest BCUT2D eigenvalue weighted by Crippen LogP contribution is 2.32.